The second-order valence-electron chi connectivity index (χ2n) is 5.84. The van der Waals surface area contributed by atoms with Gasteiger partial charge in [-0.15, -0.1) is 0 Å². The molecule has 0 aromatic heterocycles. The first-order valence-electron chi connectivity index (χ1n) is 8.15. The number of non-ortho nitro benzene ring substituents is 1. The van der Waals surface area contributed by atoms with Crippen molar-refractivity contribution in [2.75, 3.05) is 5.32 Å². The average molecular weight is 387 g/mol. The zero-order valence-electron chi connectivity index (χ0n) is 14.2. The monoisotopic (exact) mass is 386 g/mol. The lowest BCUT2D eigenvalue weighted by Crippen LogP contribution is -2.01. The molecule has 0 bridgehead atoms. The van der Waals surface area contributed by atoms with Crippen molar-refractivity contribution in [1.82, 2.24) is 0 Å². The van der Waals surface area contributed by atoms with Gasteiger partial charge in [0.1, 0.15) is 18.2 Å². The minimum absolute atomic E-state index is 0.0270. The van der Waals surface area contributed by atoms with E-state index in [1.54, 1.807) is 36.4 Å². The first-order chi connectivity index (χ1) is 13.0. The number of nitro groups is 1. The smallest absolute Gasteiger partial charge is 0.271 e. The highest BCUT2D eigenvalue weighted by Gasteiger charge is 2.07. The Morgan fingerprint density at radius 2 is 1.85 bits per heavy atom. The average Bonchev–Trinajstić information content (AvgIpc) is 2.66. The van der Waals surface area contributed by atoms with Crippen LogP contribution in [0.3, 0.4) is 0 Å². The molecular formula is C20H16ClFN2O3. The molecule has 0 fully saturated rings. The third-order valence-electron chi connectivity index (χ3n) is 3.83. The van der Waals surface area contributed by atoms with Gasteiger partial charge in [0.15, 0.2) is 0 Å². The van der Waals surface area contributed by atoms with E-state index in [0.29, 0.717) is 28.6 Å². The summed E-state index contributed by atoms with van der Waals surface area (Å²) in [5, 5.41) is 14.4. The topological polar surface area (TPSA) is 64.4 Å². The fourth-order valence-electron chi connectivity index (χ4n) is 2.49. The molecule has 0 aliphatic rings. The second kappa shape index (κ2) is 8.51. The second-order valence-corrected chi connectivity index (χ2v) is 6.25. The van der Waals surface area contributed by atoms with E-state index in [0.717, 1.165) is 5.56 Å². The quantitative estimate of drug-likeness (QED) is 0.425. The molecule has 0 radical (unpaired) electrons. The number of rotatable bonds is 7. The Kier molecular flexibility index (Phi) is 5.88. The van der Waals surface area contributed by atoms with Crippen LogP contribution < -0.4 is 10.1 Å². The SMILES string of the molecule is O=[N+]([O-])c1cccc(NCc2ccc(OCc3cccc(F)c3)c(Cl)c2)c1. The highest BCUT2D eigenvalue weighted by atomic mass is 35.5. The van der Waals surface area contributed by atoms with E-state index in [-0.39, 0.29) is 18.1 Å². The molecule has 3 aromatic rings. The molecule has 0 saturated carbocycles. The first-order valence-corrected chi connectivity index (χ1v) is 8.53. The van der Waals surface area contributed by atoms with Crippen molar-refractivity contribution < 1.29 is 14.1 Å². The van der Waals surface area contributed by atoms with Gasteiger partial charge in [-0.2, -0.15) is 0 Å². The molecule has 0 atom stereocenters. The van der Waals surface area contributed by atoms with E-state index in [4.69, 9.17) is 16.3 Å². The van der Waals surface area contributed by atoms with Crippen LogP contribution in [0.25, 0.3) is 0 Å². The van der Waals surface area contributed by atoms with Gasteiger partial charge in [0.05, 0.1) is 9.95 Å². The lowest BCUT2D eigenvalue weighted by molar-refractivity contribution is -0.384. The Hall–Kier alpha value is -3.12. The summed E-state index contributed by atoms with van der Waals surface area (Å²) in [7, 11) is 0. The van der Waals surface area contributed by atoms with Gasteiger partial charge >= 0.3 is 0 Å². The van der Waals surface area contributed by atoms with E-state index >= 15 is 0 Å². The summed E-state index contributed by atoms with van der Waals surface area (Å²) < 4.78 is 18.8. The predicted molar refractivity (Wildman–Crippen MR) is 103 cm³/mol. The van der Waals surface area contributed by atoms with Gasteiger partial charge in [0.2, 0.25) is 0 Å². The van der Waals surface area contributed by atoms with Crippen molar-refractivity contribution in [3.8, 4) is 5.75 Å². The lowest BCUT2D eigenvalue weighted by atomic mass is 10.2. The van der Waals surface area contributed by atoms with E-state index in [9.17, 15) is 14.5 Å². The molecule has 3 aromatic carbocycles. The zero-order chi connectivity index (χ0) is 19.2. The summed E-state index contributed by atoms with van der Waals surface area (Å²) >= 11 is 6.26. The maximum absolute atomic E-state index is 13.2. The molecule has 0 heterocycles. The van der Waals surface area contributed by atoms with Gasteiger partial charge in [-0.3, -0.25) is 10.1 Å². The largest absolute Gasteiger partial charge is 0.487 e. The molecule has 138 valence electrons. The summed E-state index contributed by atoms with van der Waals surface area (Å²) in [5.74, 6) is 0.185. The molecule has 0 unspecified atom stereocenters. The third kappa shape index (κ3) is 5.18. The molecule has 27 heavy (non-hydrogen) atoms. The first kappa shape index (κ1) is 18.7. The van der Waals surface area contributed by atoms with Gasteiger partial charge in [-0.25, -0.2) is 4.39 Å². The minimum atomic E-state index is -0.438. The van der Waals surface area contributed by atoms with E-state index in [1.807, 2.05) is 6.07 Å². The number of nitrogens with one attached hydrogen (secondary N) is 1. The van der Waals surface area contributed by atoms with Crippen molar-refractivity contribution in [3.63, 3.8) is 0 Å². The Bertz CT molecular complexity index is 965. The number of halogens is 2. The lowest BCUT2D eigenvalue weighted by Gasteiger charge is -2.11. The molecule has 0 saturated heterocycles. The number of ether oxygens (including phenoxy) is 1. The van der Waals surface area contributed by atoms with Crippen molar-refractivity contribution in [2.45, 2.75) is 13.2 Å². The van der Waals surface area contributed by atoms with Crippen LogP contribution in [0.4, 0.5) is 15.8 Å². The summed E-state index contributed by atoms with van der Waals surface area (Å²) in [6.45, 7) is 0.661. The maximum Gasteiger partial charge on any atom is 0.271 e. The van der Waals surface area contributed by atoms with Crippen LogP contribution in [-0.2, 0) is 13.2 Å². The molecule has 0 aliphatic carbocycles. The van der Waals surface area contributed by atoms with Crippen LogP contribution in [0.2, 0.25) is 5.02 Å². The normalized spacial score (nSPS) is 10.4. The van der Waals surface area contributed by atoms with Gasteiger partial charge in [-0.05, 0) is 41.5 Å². The van der Waals surface area contributed by atoms with Crippen LogP contribution in [0.5, 0.6) is 5.75 Å². The zero-order valence-corrected chi connectivity index (χ0v) is 14.9. The van der Waals surface area contributed by atoms with Crippen LogP contribution in [0, 0.1) is 15.9 Å². The molecular weight excluding hydrogens is 371 g/mol. The van der Waals surface area contributed by atoms with Gasteiger partial charge in [0.25, 0.3) is 5.69 Å². The van der Waals surface area contributed by atoms with E-state index in [2.05, 4.69) is 5.32 Å². The molecule has 3 rings (SSSR count). The standard InChI is InChI=1S/C20H16ClFN2O3/c21-19-10-14(12-23-17-5-2-6-18(11-17)24(25)26)7-8-20(19)27-13-15-3-1-4-16(22)9-15/h1-11,23H,12-13H2. The minimum Gasteiger partial charge on any atom is -0.487 e. The van der Waals surface area contributed by atoms with Gasteiger partial charge in [-0.1, -0.05) is 35.9 Å². The molecule has 7 heteroatoms. The predicted octanol–water partition coefficient (Wildman–Crippen LogP) is 5.58. The van der Waals surface area contributed by atoms with Crippen molar-refractivity contribution >= 4 is 23.0 Å². The number of nitro benzene ring substituents is 1. The molecule has 0 amide bonds. The Morgan fingerprint density at radius 3 is 2.59 bits per heavy atom. The Labute approximate surface area is 160 Å². The Morgan fingerprint density at radius 1 is 1.04 bits per heavy atom. The van der Waals surface area contributed by atoms with Crippen molar-refractivity contribution in [3.05, 3.63) is 98.8 Å². The number of nitrogens with zero attached hydrogens (tertiary/aromatic N) is 1. The fraction of sp³-hybridized carbons (Fsp3) is 0.100. The summed E-state index contributed by atoms with van der Waals surface area (Å²) in [4.78, 5) is 10.4. The number of hydrogen-bond acceptors (Lipinski definition) is 4. The van der Waals surface area contributed by atoms with Gasteiger partial charge in [0, 0.05) is 24.4 Å². The molecule has 0 spiro atoms. The molecule has 0 aliphatic heterocycles. The number of benzene rings is 3. The number of anilines is 1. The van der Waals surface area contributed by atoms with Crippen LogP contribution in [0.15, 0.2) is 66.7 Å². The van der Waals surface area contributed by atoms with E-state index < -0.39 is 4.92 Å². The molecule has 5 nitrogen and oxygen atoms in total. The summed E-state index contributed by atoms with van der Waals surface area (Å²) in [5.41, 5.74) is 2.28. The van der Waals surface area contributed by atoms with Crippen LogP contribution in [0.1, 0.15) is 11.1 Å². The van der Waals surface area contributed by atoms with Crippen LogP contribution in [-0.4, -0.2) is 4.92 Å². The number of hydrogen-bond donors (Lipinski definition) is 1. The third-order valence-corrected chi connectivity index (χ3v) is 4.13. The highest BCUT2D eigenvalue weighted by Crippen LogP contribution is 2.27. The maximum atomic E-state index is 13.2. The van der Waals surface area contributed by atoms with Crippen molar-refractivity contribution in [1.29, 1.82) is 0 Å². The Balaban J connectivity index is 1.61. The van der Waals surface area contributed by atoms with Crippen molar-refractivity contribution in [2.24, 2.45) is 0 Å². The molecule has 1 N–H and O–H groups in total. The summed E-state index contributed by atoms with van der Waals surface area (Å²) in [6.07, 6.45) is 0. The fourth-order valence-corrected chi connectivity index (χ4v) is 2.75. The van der Waals surface area contributed by atoms with Crippen LogP contribution >= 0.6 is 11.6 Å². The van der Waals surface area contributed by atoms with Gasteiger partial charge < -0.3 is 10.1 Å². The van der Waals surface area contributed by atoms with E-state index in [1.165, 1.54) is 24.3 Å². The highest BCUT2D eigenvalue weighted by molar-refractivity contribution is 6.32. The summed E-state index contributed by atoms with van der Waals surface area (Å²) in [6, 6.07) is 17.8.